The van der Waals surface area contributed by atoms with Gasteiger partial charge >= 0.3 is 6.09 Å². The van der Waals surface area contributed by atoms with Crippen molar-refractivity contribution in [3.05, 3.63) is 0 Å². The van der Waals surface area contributed by atoms with Gasteiger partial charge in [0.15, 0.2) is 0 Å². The van der Waals surface area contributed by atoms with Crippen molar-refractivity contribution in [3.8, 4) is 0 Å². The quantitative estimate of drug-likeness (QED) is 0.699. The molecule has 2 fully saturated rings. The van der Waals surface area contributed by atoms with E-state index in [9.17, 15) is 9.59 Å². The number of ether oxygens (including phenoxy) is 2. The van der Waals surface area contributed by atoms with Crippen molar-refractivity contribution >= 4 is 12.0 Å². The van der Waals surface area contributed by atoms with Gasteiger partial charge in [0.2, 0.25) is 5.91 Å². The lowest BCUT2D eigenvalue weighted by atomic mass is 10.1. The molecular formula is C11H19N3O4. The monoisotopic (exact) mass is 257 g/mol. The van der Waals surface area contributed by atoms with Crippen LogP contribution in [0.15, 0.2) is 0 Å². The molecule has 0 saturated carbocycles. The van der Waals surface area contributed by atoms with Gasteiger partial charge in [0.05, 0.1) is 25.8 Å². The molecule has 2 aliphatic rings. The topological polar surface area (TPSA) is 85.1 Å². The first-order valence-electron chi connectivity index (χ1n) is 6.14. The number of imide groups is 1. The summed E-state index contributed by atoms with van der Waals surface area (Å²) in [5, 5.41) is 0. The van der Waals surface area contributed by atoms with Crippen LogP contribution in [0.3, 0.4) is 0 Å². The molecule has 7 nitrogen and oxygen atoms in total. The lowest BCUT2D eigenvalue weighted by Crippen LogP contribution is -2.52. The third kappa shape index (κ3) is 2.98. The first-order chi connectivity index (χ1) is 8.58. The molecule has 0 radical (unpaired) electrons. The minimum absolute atomic E-state index is 0.0583. The van der Waals surface area contributed by atoms with Gasteiger partial charge in [-0.25, -0.2) is 9.69 Å². The molecule has 2 aliphatic heterocycles. The number of nitrogens with two attached hydrogens (primary N) is 1. The highest BCUT2D eigenvalue weighted by Crippen LogP contribution is 2.10. The van der Waals surface area contributed by atoms with Crippen LogP contribution in [0.5, 0.6) is 0 Å². The van der Waals surface area contributed by atoms with Gasteiger partial charge in [-0.2, -0.15) is 0 Å². The van der Waals surface area contributed by atoms with E-state index in [1.165, 1.54) is 0 Å². The van der Waals surface area contributed by atoms with Crippen molar-refractivity contribution in [3.63, 3.8) is 0 Å². The van der Waals surface area contributed by atoms with Crippen LogP contribution in [0, 0.1) is 0 Å². The molecule has 18 heavy (non-hydrogen) atoms. The maximum Gasteiger partial charge on any atom is 0.416 e. The molecule has 102 valence electrons. The van der Waals surface area contributed by atoms with Crippen LogP contribution in [0.2, 0.25) is 0 Å². The Kier molecular flexibility index (Phi) is 4.15. The lowest BCUT2D eigenvalue weighted by Gasteiger charge is -2.34. The zero-order valence-corrected chi connectivity index (χ0v) is 10.5. The molecule has 2 atom stereocenters. The number of carbonyl (C=O) groups excluding carboxylic acids is 2. The Bertz CT molecular complexity index is 334. The van der Waals surface area contributed by atoms with Crippen molar-refractivity contribution in [2.24, 2.45) is 5.73 Å². The SMILES string of the molecule is CC(N)C1CN(CC(=O)N2CCOC2=O)CCO1. The Labute approximate surface area is 106 Å². The highest BCUT2D eigenvalue weighted by Gasteiger charge is 2.31. The molecule has 2 heterocycles. The Hall–Kier alpha value is -1.18. The van der Waals surface area contributed by atoms with Gasteiger partial charge in [0.25, 0.3) is 0 Å². The molecule has 0 aliphatic carbocycles. The molecule has 2 unspecified atom stereocenters. The van der Waals surface area contributed by atoms with E-state index in [-0.39, 0.29) is 31.2 Å². The number of rotatable bonds is 3. The first kappa shape index (κ1) is 13.3. The fourth-order valence-electron chi connectivity index (χ4n) is 2.09. The molecule has 2 rings (SSSR count). The molecule has 0 aromatic rings. The molecule has 7 heteroatoms. The largest absolute Gasteiger partial charge is 0.447 e. The van der Waals surface area contributed by atoms with E-state index in [4.69, 9.17) is 15.2 Å². The number of carbonyl (C=O) groups is 2. The average molecular weight is 257 g/mol. The second-order valence-electron chi connectivity index (χ2n) is 4.66. The zero-order chi connectivity index (χ0) is 13.1. The fraction of sp³-hybridized carbons (Fsp3) is 0.818. The molecule has 2 N–H and O–H groups in total. The number of hydrogen-bond acceptors (Lipinski definition) is 6. The molecular weight excluding hydrogens is 238 g/mol. The van der Waals surface area contributed by atoms with Crippen LogP contribution in [0.4, 0.5) is 4.79 Å². The summed E-state index contributed by atoms with van der Waals surface area (Å²) in [6, 6.07) is -0.0698. The van der Waals surface area contributed by atoms with E-state index in [2.05, 4.69) is 0 Å². The van der Waals surface area contributed by atoms with E-state index in [0.29, 0.717) is 26.2 Å². The van der Waals surface area contributed by atoms with E-state index in [1.54, 1.807) is 0 Å². The Balaban J connectivity index is 1.85. The van der Waals surface area contributed by atoms with Gasteiger partial charge in [0.1, 0.15) is 6.61 Å². The number of cyclic esters (lactones) is 1. The molecule has 2 saturated heterocycles. The van der Waals surface area contributed by atoms with Crippen LogP contribution < -0.4 is 5.73 Å². The van der Waals surface area contributed by atoms with Crippen molar-refractivity contribution < 1.29 is 19.1 Å². The molecule has 0 aromatic heterocycles. The van der Waals surface area contributed by atoms with Crippen LogP contribution in [-0.4, -0.2) is 73.3 Å². The minimum Gasteiger partial charge on any atom is -0.447 e. The van der Waals surface area contributed by atoms with E-state index < -0.39 is 6.09 Å². The number of hydrogen-bond donors (Lipinski definition) is 1. The smallest absolute Gasteiger partial charge is 0.416 e. The normalized spacial score (nSPS) is 27.1. The van der Waals surface area contributed by atoms with Gasteiger partial charge in [-0.15, -0.1) is 0 Å². The Morgan fingerprint density at radius 1 is 1.50 bits per heavy atom. The maximum atomic E-state index is 11.9. The third-order valence-corrected chi connectivity index (χ3v) is 3.18. The van der Waals surface area contributed by atoms with Crippen molar-refractivity contribution in [2.75, 3.05) is 39.4 Å². The summed E-state index contributed by atoms with van der Waals surface area (Å²) in [6.07, 6.45) is -0.603. The summed E-state index contributed by atoms with van der Waals surface area (Å²) in [5.74, 6) is -0.220. The molecule has 2 amide bonds. The highest BCUT2D eigenvalue weighted by atomic mass is 16.6. The Morgan fingerprint density at radius 2 is 2.28 bits per heavy atom. The van der Waals surface area contributed by atoms with Crippen LogP contribution in [-0.2, 0) is 14.3 Å². The third-order valence-electron chi connectivity index (χ3n) is 3.18. The van der Waals surface area contributed by atoms with Crippen molar-refractivity contribution in [1.29, 1.82) is 0 Å². The summed E-state index contributed by atoms with van der Waals surface area (Å²) in [7, 11) is 0. The van der Waals surface area contributed by atoms with Gasteiger partial charge in [-0.1, -0.05) is 0 Å². The van der Waals surface area contributed by atoms with Gasteiger partial charge in [-0.05, 0) is 6.92 Å². The van der Waals surface area contributed by atoms with Crippen molar-refractivity contribution in [1.82, 2.24) is 9.80 Å². The summed E-state index contributed by atoms with van der Waals surface area (Å²) >= 11 is 0. The minimum atomic E-state index is -0.544. The predicted molar refractivity (Wildman–Crippen MR) is 62.9 cm³/mol. The number of nitrogens with zero attached hydrogens (tertiary/aromatic N) is 2. The second kappa shape index (κ2) is 5.64. The second-order valence-corrected chi connectivity index (χ2v) is 4.66. The summed E-state index contributed by atoms with van der Waals surface area (Å²) in [5.41, 5.74) is 5.78. The first-order valence-corrected chi connectivity index (χ1v) is 6.14. The van der Waals surface area contributed by atoms with Gasteiger partial charge < -0.3 is 15.2 Å². The van der Waals surface area contributed by atoms with Crippen LogP contribution >= 0.6 is 0 Å². The van der Waals surface area contributed by atoms with Crippen LogP contribution in [0.1, 0.15) is 6.92 Å². The standard InChI is InChI=1S/C11H19N3O4/c1-8(12)9-6-13(2-4-17-9)7-10(15)14-3-5-18-11(14)16/h8-9H,2-7,12H2,1H3. The molecule has 0 bridgehead atoms. The van der Waals surface area contributed by atoms with Gasteiger partial charge in [-0.3, -0.25) is 9.69 Å². The molecule has 0 spiro atoms. The van der Waals surface area contributed by atoms with Gasteiger partial charge in [0, 0.05) is 19.1 Å². The zero-order valence-electron chi connectivity index (χ0n) is 10.5. The van der Waals surface area contributed by atoms with E-state index >= 15 is 0 Å². The summed E-state index contributed by atoms with van der Waals surface area (Å²) in [6.45, 7) is 4.58. The maximum absolute atomic E-state index is 11.9. The average Bonchev–Trinajstić information content (AvgIpc) is 2.76. The number of amides is 2. The Morgan fingerprint density at radius 3 is 2.89 bits per heavy atom. The van der Waals surface area contributed by atoms with E-state index in [1.807, 2.05) is 11.8 Å². The highest BCUT2D eigenvalue weighted by molar-refractivity contribution is 5.94. The van der Waals surface area contributed by atoms with Crippen molar-refractivity contribution in [2.45, 2.75) is 19.1 Å². The van der Waals surface area contributed by atoms with Crippen LogP contribution in [0.25, 0.3) is 0 Å². The predicted octanol–water partition coefficient (Wildman–Crippen LogP) is -0.987. The van der Waals surface area contributed by atoms with E-state index in [0.717, 1.165) is 4.90 Å². The lowest BCUT2D eigenvalue weighted by molar-refractivity contribution is -0.131. The summed E-state index contributed by atoms with van der Waals surface area (Å²) < 4.78 is 10.3. The summed E-state index contributed by atoms with van der Waals surface area (Å²) in [4.78, 5) is 26.3. The number of morpholine rings is 1. The fourth-order valence-corrected chi connectivity index (χ4v) is 2.09. The molecule has 0 aromatic carbocycles.